The van der Waals surface area contributed by atoms with E-state index in [0.29, 0.717) is 28.4 Å². The van der Waals surface area contributed by atoms with E-state index >= 15 is 0 Å². The number of nitrogens with zero attached hydrogens (tertiary/aromatic N) is 1. The summed E-state index contributed by atoms with van der Waals surface area (Å²) in [7, 11) is 0. The molecule has 1 saturated heterocycles. The Bertz CT molecular complexity index is 786. The number of carbonyl (C=O) groups excluding carboxylic acids is 2. The summed E-state index contributed by atoms with van der Waals surface area (Å²) >= 11 is 0. The van der Waals surface area contributed by atoms with Crippen molar-refractivity contribution in [2.75, 3.05) is 24.1 Å². The van der Waals surface area contributed by atoms with Crippen molar-refractivity contribution in [1.82, 2.24) is 4.90 Å². The lowest BCUT2D eigenvalue weighted by Gasteiger charge is -2.30. The van der Waals surface area contributed by atoms with Crippen molar-refractivity contribution in [3.8, 4) is 0 Å². The van der Waals surface area contributed by atoms with Gasteiger partial charge in [-0.25, -0.2) is 0 Å². The number of piperidine rings is 1. The number of amides is 2. The second kappa shape index (κ2) is 8.72. The van der Waals surface area contributed by atoms with Crippen molar-refractivity contribution in [3.05, 3.63) is 59.7 Å². The Hall–Kier alpha value is -2.53. The van der Waals surface area contributed by atoms with E-state index in [4.69, 9.17) is 5.73 Å². The van der Waals surface area contributed by atoms with Gasteiger partial charge in [-0.3, -0.25) is 9.59 Å². The highest BCUT2D eigenvalue weighted by atomic mass is 35.5. The Balaban J connectivity index is 0.00000243. The van der Waals surface area contributed by atoms with Crippen LogP contribution in [0.25, 0.3) is 0 Å². The van der Waals surface area contributed by atoms with Crippen LogP contribution in [0.5, 0.6) is 0 Å². The number of hydrogen-bond donors (Lipinski definition) is 2. The largest absolute Gasteiger partial charge is 0.399 e. The van der Waals surface area contributed by atoms with E-state index in [1.54, 1.807) is 36.4 Å². The fourth-order valence-electron chi connectivity index (χ4n) is 3.04. The molecule has 0 aliphatic carbocycles. The van der Waals surface area contributed by atoms with Gasteiger partial charge in [0.15, 0.2) is 0 Å². The van der Waals surface area contributed by atoms with Gasteiger partial charge >= 0.3 is 0 Å². The van der Waals surface area contributed by atoms with Crippen LogP contribution in [0.4, 0.5) is 11.4 Å². The fraction of sp³-hybridized carbons (Fsp3) is 0.300. The molecule has 1 heterocycles. The highest BCUT2D eigenvalue weighted by molar-refractivity contribution is 6.09. The second-order valence-corrected chi connectivity index (χ2v) is 6.60. The molecule has 0 unspecified atom stereocenters. The molecule has 1 fully saturated rings. The van der Waals surface area contributed by atoms with Crippen molar-refractivity contribution in [2.24, 2.45) is 5.92 Å². The van der Waals surface area contributed by atoms with E-state index in [0.717, 1.165) is 25.9 Å². The average Bonchev–Trinajstić information content (AvgIpc) is 2.62. The lowest BCUT2D eigenvalue weighted by atomic mass is 9.98. The Kier molecular flexibility index (Phi) is 6.64. The van der Waals surface area contributed by atoms with Crippen molar-refractivity contribution in [3.63, 3.8) is 0 Å². The van der Waals surface area contributed by atoms with E-state index in [-0.39, 0.29) is 24.2 Å². The molecule has 5 nitrogen and oxygen atoms in total. The van der Waals surface area contributed by atoms with Crippen LogP contribution >= 0.6 is 12.4 Å². The third kappa shape index (κ3) is 4.55. The summed E-state index contributed by atoms with van der Waals surface area (Å²) in [5.74, 6) is 0.345. The fourth-order valence-corrected chi connectivity index (χ4v) is 3.04. The molecule has 0 radical (unpaired) electrons. The van der Waals surface area contributed by atoms with Crippen LogP contribution in [-0.4, -0.2) is 29.8 Å². The van der Waals surface area contributed by atoms with Gasteiger partial charge in [-0.1, -0.05) is 25.1 Å². The standard InChI is InChI=1S/C20H23N3O2.ClH/c1-14-9-11-23(12-10-14)20(25)17-7-2-3-8-18(17)22-19(24)15-5-4-6-16(21)13-15;/h2-8,13-14H,9-12,21H2,1H3,(H,22,24);1H. The Morgan fingerprint density at radius 1 is 1.08 bits per heavy atom. The Morgan fingerprint density at radius 2 is 1.77 bits per heavy atom. The SMILES string of the molecule is CC1CCN(C(=O)c2ccccc2NC(=O)c2cccc(N)c2)CC1.Cl. The maximum Gasteiger partial charge on any atom is 0.255 e. The number of benzene rings is 2. The molecule has 138 valence electrons. The van der Waals surface area contributed by atoms with Gasteiger partial charge in [0.05, 0.1) is 11.3 Å². The number of anilines is 2. The van der Waals surface area contributed by atoms with Gasteiger partial charge in [0.25, 0.3) is 11.8 Å². The summed E-state index contributed by atoms with van der Waals surface area (Å²) in [6.45, 7) is 3.73. The predicted molar refractivity (Wildman–Crippen MR) is 107 cm³/mol. The maximum atomic E-state index is 12.9. The molecule has 1 aliphatic rings. The number of carbonyl (C=O) groups is 2. The monoisotopic (exact) mass is 373 g/mol. The van der Waals surface area contributed by atoms with Crippen LogP contribution in [0.2, 0.25) is 0 Å². The van der Waals surface area contributed by atoms with Crippen molar-refractivity contribution >= 4 is 35.6 Å². The van der Waals surface area contributed by atoms with Gasteiger partial charge in [-0.15, -0.1) is 12.4 Å². The molecule has 0 aromatic heterocycles. The number of para-hydroxylation sites is 1. The molecule has 0 spiro atoms. The molecule has 1 aliphatic heterocycles. The number of likely N-dealkylation sites (tertiary alicyclic amines) is 1. The van der Waals surface area contributed by atoms with Gasteiger partial charge in [0.1, 0.15) is 0 Å². The minimum Gasteiger partial charge on any atom is -0.399 e. The first kappa shape index (κ1) is 19.8. The second-order valence-electron chi connectivity index (χ2n) is 6.60. The summed E-state index contributed by atoms with van der Waals surface area (Å²) < 4.78 is 0. The van der Waals surface area contributed by atoms with Crippen LogP contribution in [0.3, 0.4) is 0 Å². The van der Waals surface area contributed by atoms with Crippen LogP contribution < -0.4 is 11.1 Å². The normalized spacial score (nSPS) is 14.4. The van der Waals surface area contributed by atoms with E-state index < -0.39 is 0 Å². The van der Waals surface area contributed by atoms with Gasteiger partial charge in [-0.05, 0) is 49.1 Å². The molecular weight excluding hydrogens is 350 g/mol. The molecule has 2 aromatic rings. The van der Waals surface area contributed by atoms with E-state index in [1.807, 2.05) is 17.0 Å². The molecular formula is C20H24ClN3O2. The van der Waals surface area contributed by atoms with Crippen molar-refractivity contribution in [1.29, 1.82) is 0 Å². The lowest BCUT2D eigenvalue weighted by molar-refractivity contribution is 0.0698. The Labute approximate surface area is 160 Å². The first-order chi connectivity index (χ1) is 12.0. The average molecular weight is 374 g/mol. The smallest absolute Gasteiger partial charge is 0.255 e. The number of nitrogen functional groups attached to an aromatic ring is 1. The zero-order chi connectivity index (χ0) is 17.8. The zero-order valence-corrected chi connectivity index (χ0v) is 15.6. The third-order valence-corrected chi connectivity index (χ3v) is 4.63. The van der Waals surface area contributed by atoms with Crippen molar-refractivity contribution in [2.45, 2.75) is 19.8 Å². The molecule has 2 amide bonds. The van der Waals surface area contributed by atoms with Crippen molar-refractivity contribution < 1.29 is 9.59 Å². The van der Waals surface area contributed by atoms with Gasteiger partial charge < -0.3 is 16.0 Å². The first-order valence-corrected chi connectivity index (χ1v) is 8.60. The highest BCUT2D eigenvalue weighted by Gasteiger charge is 2.23. The summed E-state index contributed by atoms with van der Waals surface area (Å²) in [5.41, 5.74) is 7.78. The first-order valence-electron chi connectivity index (χ1n) is 8.60. The highest BCUT2D eigenvalue weighted by Crippen LogP contribution is 2.22. The summed E-state index contributed by atoms with van der Waals surface area (Å²) in [5, 5.41) is 2.84. The predicted octanol–water partition coefficient (Wildman–Crippen LogP) is 3.82. The number of hydrogen-bond acceptors (Lipinski definition) is 3. The van der Waals surface area contributed by atoms with Crippen LogP contribution in [-0.2, 0) is 0 Å². The van der Waals surface area contributed by atoms with Gasteiger partial charge in [0.2, 0.25) is 0 Å². The van der Waals surface area contributed by atoms with E-state index in [9.17, 15) is 9.59 Å². The number of halogens is 1. The van der Waals surface area contributed by atoms with Crippen LogP contribution in [0.15, 0.2) is 48.5 Å². The summed E-state index contributed by atoms with van der Waals surface area (Å²) in [4.78, 5) is 27.2. The minimum atomic E-state index is -0.278. The molecule has 6 heteroatoms. The number of nitrogens with one attached hydrogen (secondary N) is 1. The van der Waals surface area contributed by atoms with Crippen LogP contribution in [0, 0.1) is 5.92 Å². The molecule has 0 saturated carbocycles. The van der Waals surface area contributed by atoms with Gasteiger partial charge in [-0.2, -0.15) is 0 Å². The topological polar surface area (TPSA) is 75.4 Å². The van der Waals surface area contributed by atoms with Gasteiger partial charge in [0, 0.05) is 24.3 Å². The van der Waals surface area contributed by atoms with Crippen LogP contribution in [0.1, 0.15) is 40.5 Å². The lowest BCUT2D eigenvalue weighted by Crippen LogP contribution is -2.38. The summed E-state index contributed by atoms with van der Waals surface area (Å²) in [6, 6.07) is 13.9. The zero-order valence-electron chi connectivity index (χ0n) is 14.8. The Morgan fingerprint density at radius 3 is 2.46 bits per heavy atom. The summed E-state index contributed by atoms with van der Waals surface area (Å²) in [6.07, 6.45) is 2.03. The molecule has 0 atom stereocenters. The van der Waals surface area contributed by atoms with E-state index in [2.05, 4.69) is 12.2 Å². The number of nitrogens with two attached hydrogens (primary N) is 1. The molecule has 26 heavy (non-hydrogen) atoms. The number of rotatable bonds is 3. The molecule has 3 rings (SSSR count). The third-order valence-electron chi connectivity index (χ3n) is 4.63. The molecule has 3 N–H and O–H groups in total. The molecule has 0 bridgehead atoms. The maximum absolute atomic E-state index is 12.9. The quantitative estimate of drug-likeness (QED) is 0.803. The minimum absolute atomic E-state index is 0. The molecule has 2 aromatic carbocycles. The van der Waals surface area contributed by atoms with E-state index in [1.165, 1.54) is 0 Å².